The molecule has 0 N–H and O–H groups in total. The van der Waals surface area contributed by atoms with Crippen LogP contribution in [0.3, 0.4) is 0 Å². The first-order valence-electron chi connectivity index (χ1n) is 11.7. The van der Waals surface area contributed by atoms with E-state index in [1.807, 2.05) is 70.5 Å². The fourth-order valence-corrected chi connectivity index (χ4v) is 4.42. The minimum Gasteiger partial charge on any atom is -0.439 e. The quantitative estimate of drug-likeness (QED) is 0.226. The Hall–Kier alpha value is -4.39. The number of para-hydroxylation sites is 2. The molecule has 0 spiro atoms. The maximum absolute atomic E-state index is 13.6. The fraction of sp³-hybridized carbons (Fsp3) is 0.179. The Bertz CT molecular complexity index is 1270. The second-order valence-electron chi connectivity index (χ2n) is 8.49. The number of carbonyl (C=O) groups is 1. The van der Waals surface area contributed by atoms with Crippen LogP contribution in [0.2, 0.25) is 0 Å². The van der Waals surface area contributed by atoms with Crippen LogP contribution in [0.1, 0.15) is 29.6 Å². The zero-order chi connectivity index (χ0) is 24.2. The Morgan fingerprint density at radius 1 is 0.829 bits per heavy atom. The SMILES string of the molecule is O=C(c1cc(N(c2ccccc2)c2ccccc2)oc1-c1ccc([N+](=O)[O-])cc1)N1CCCCC1. The van der Waals surface area contributed by atoms with E-state index in [2.05, 4.69) is 0 Å². The first kappa shape index (κ1) is 22.4. The van der Waals surface area contributed by atoms with Gasteiger partial charge in [-0.1, -0.05) is 36.4 Å². The molecule has 2 heterocycles. The summed E-state index contributed by atoms with van der Waals surface area (Å²) in [7, 11) is 0. The molecule has 0 aliphatic carbocycles. The number of anilines is 3. The Morgan fingerprint density at radius 3 is 1.94 bits per heavy atom. The second kappa shape index (κ2) is 9.85. The molecule has 1 aliphatic rings. The number of nitrogens with zero attached hydrogens (tertiary/aromatic N) is 3. The normalized spacial score (nSPS) is 13.4. The van der Waals surface area contributed by atoms with E-state index in [0.29, 0.717) is 35.9 Å². The van der Waals surface area contributed by atoms with E-state index in [-0.39, 0.29) is 11.6 Å². The maximum atomic E-state index is 13.6. The van der Waals surface area contributed by atoms with Gasteiger partial charge >= 0.3 is 0 Å². The summed E-state index contributed by atoms with van der Waals surface area (Å²) < 4.78 is 6.39. The van der Waals surface area contributed by atoms with Crippen molar-refractivity contribution in [1.82, 2.24) is 4.90 Å². The van der Waals surface area contributed by atoms with Gasteiger partial charge in [0.15, 0.2) is 0 Å². The van der Waals surface area contributed by atoms with Crippen LogP contribution >= 0.6 is 0 Å². The van der Waals surface area contributed by atoms with Gasteiger partial charge in [-0.2, -0.15) is 0 Å². The molecule has 35 heavy (non-hydrogen) atoms. The molecule has 0 atom stereocenters. The van der Waals surface area contributed by atoms with E-state index in [1.54, 1.807) is 18.2 Å². The third-order valence-corrected chi connectivity index (χ3v) is 6.18. The minimum absolute atomic E-state index is 0.0142. The van der Waals surface area contributed by atoms with Gasteiger partial charge in [-0.05, 0) is 55.7 Å². The highest BCUT2D eigenvalue weighted by Gasteiger charge is 2.28. The van der Waals surface area contributed by atoms with Gasteiger partial charge in [-0.15, -0.1) is 0 Å². The van der Waals surface area contributed by atoms with E-state index >= 15 is 0 Å². The Balaban J connectivity index is 1.64. The highest BCUT2D eigenvalue weighted by molar-refractivity contribution is 6.01. The Morgan fingerprint density at radius 2 is 1.40 bits per heavy atom. The van der Waals surface area contributed by atoms with Crippen LogP contribution in [0, 0.1) is 10.1 Å². The predicted molar refractivity (Wildman–Crippen MR) is 135 cm³/mol. The number of benzene rings is 3. The Labute approximate surface area is 203 Å². The molecule has 1 aliphatic heterocycles. The maximum Gasteiger partial charge on any atom is 0.269 e. The molecule has 0 unspecified atom stereocenters. The van der Waals surface area contributed by atoms with Crippen molar-refractivity contribution in [3.8, 4) is 11.3 Å². The summed E-state index contributed by atoms with van der Waals surface area (Å²) in [6.07, 6.45) is 3.07. The number of non-ortho nitro benzene ring substituents is 1. The van der Waals surface area contributed by atoms with Crippen molar-refractivity contribution in [2.24, 2.45) is 0 Å². The third kappa shape index (κ3) is 4.66. The van der Waals surface area contributed by atoms with Crippen LogP contribution in [-0.2, 0) is 0 Å². The molecule has 0 radical (unpaired) electrons. The van der Waals surface area contributed by atoms with E-state index in [0.717, 1.165) is 30.6 Å². The number of likely N-dealkylation sites (tertiary alicyclic amines) is 1. The molecule has 1 aromatic heterocycles. The van der Waals surface area contributed by atoms with E-state index < -0.39 is 4.92 Å². The van der Waals surface area contributed by atoms with Gasteiger partial charge in [0.05, 0.1) is 10.5 Å². The summed E-state index contributed by atoms with van der Waals surface area (Å²) in [4.78, 5) is 28.2. The molecule has 5 rings (SSSR count). The van der Waals surface area contributed by atoms with Crippen molar-refractivity contribution < 1.29 is 14.1 Å². The lowest BCUT2D eigenvalue weighted by Gasteiger charge is -2.26. The predicted octanol–water partition coefficient (Wildman–Crippen LogP) is 6.95. The molecule has 7 heteroatoms. The van der Waals surface area contributed by atoms with Gasteiger partial charge in [0.25, 0.3) is 11.6 Å². The highest BCUT2D eigenvalue weighted by atomic mass is 16.6. The van der Waals surface area contributed by atoms with Gasteiger partial charge < -0.3 is 9.32 Å². The number of amides is 1. The monoisotopic (exact) mass is 467 g/mol. The number of rotatable bonds is 6. The molecule has 7 nitrogen and oxygen atoms in total. The number of hydrogen-bond acceptors (Lipinski definition) is 5. The molecule has 176 valence electrons. The van der Waals surface area contributed by atoms with Crippen LogP contribution in [0.15, 0.2) is 95.4 Å². The molecule has 0 saturated carbocycles. The molecular formula is C28H25N3O4. The second-order valence-corrected chi connectivity index (χ2v) is 8.49. The van der Waals surface area contributed by atoms with Crippen LogP contribution < -0.4 is 4.90 Å². The summed E-state index contributed by atoms with van der Waals surface area (Å²) in [6.45, 7) is 1.42. The number of nitro groups is 1. The van der Waals surface area contributed by atoms with Gasteiger partial charge in [0, 0.05) is 48.2 Å². The number of carbonyl (C=O) groups excluding carboxylic acids is 1. The van der Waals surface area contributed by atoms with Gasteiger partial charge in [0.2, 0.25) is 5.88 Å². The summed E-state index contributed by atoms with van der Waals surface area (Å²) in [5, 5.41) is 11.2. The number of piperidine rings is 1. The van der Waals surface area contributed by atoms with Crippen LogP contribution in [0.4, 0.5) is 22.9 Å². The first-order chi connectivity index (χ1) is 17.1. The summed E-state index contributed by atoms with van der Waals surface area (Å²) in [6, 6.07) is 27.5. The summed E-state index contributed by atoms with van der Waals surface area (Å²) >= 11 is 0. The van der Waals surface area contributed by atoms with Crippen LogP contribution in [0.5, 0.6) is 0 Å². The van der Waals surface area contributed by atoms with Crippen molar-refractivity contribution in [3.05, 3.63) is 107 Å². The molecule has 4 aromatic rings. The number of nitro benzene ring substituents is 1. The van der Waals surface area contributed by atoms with Gasteiger partial charge in [-0.25, -0.2) is 0 Å². The number of hydrogen-bond donors (Lipinski definition) is 0. The van der Waals surface area contributed by atoms with Crippen molar-refractivity contribution in [2.45, 2.75) is 19.3 Å². The van der Waals surface area contributed by atoms with Crippen LogP contribution in [0.25, 0.3) is 11.3 Å². The average Bonchev–Trinajstić information content (AvgIpc) is 3.35. The zero-order valence-corrected chi connectivity index (χ0v) is 19.2. The number of furan rings is 1. The first-order valence-corrected chi connectivity index (χ1v) is 11.7. The minimum atomic E-state index is -0.441. The van der Waals surface area contributed by atoms with E-state index in [4.69, 9.17) is 4.42 Å². The molecule has 1 amide bonds. The summed E-state index contributed by atoms with van der Waals surface area (Å²) in [5.74, 6) is 0.813. The lowest BCUT2D eigenvalue weighted by Crippen LogP contribution is -2.35. The molecular weight excluding hydrogens is 442 g/mol. The lowest BCUT2D eigenvalue weighted by molar-refractivity contribution is -0.384. The largest absolute Gasteiger partial charge is 0.439 e. The lowest BCUT2D eigenvalue weighted by atomic mass is 10.1. The average molecular weight is 468 g/mol. The smallest absolute Gasteiger partial charge is 0.269 e. The van der Waals surface area contributed by atoms with Crippen molar-refractivity contribution in [1.29, 1.82) is 0 Å². The van der Waals surface area contributed by atoms with Gasteiger partial charge in [-0.3, -0.25) is 19.8 Å². The standard InChI is InChI=1S/C28H25N3O4/c32-28(29-18-8-3-9-19-29)25-20-26(35-27(25)21-14-16-24(17-15-21)31(33)34)30(22-10-4-1-5-11-22)23-12-6-2-7-13-23/h1-2,4-7,10-17,20H,3,8-9,18-19H2. The van der Waals surface area contributed by atoms with E-state index in [9.17, 15) is 14.9 Å². The van der Waals surface area contributed by atoms with Gasteiger partial charge in [0.1, 0.15) is 5.76 Å². The molecule has 1 saturated heterocycles. The van der Waals surface area contributed by atoms with Crippen molar-refractivity contribution in [3.63, 3.8) is 0 Å². The zero-order valence-electron chi connectivity index (χ0n) is 19.2. The summed E-state index contributed by atoms with van der Waals surface area (Å²) in [5.41, 5.74) is 2.83. The third-order valence-electron chi connectivity index (χ3n) is 6.18. The Kier molecular flexibility index (Phi) is 6.30. The van der Waals surface area contributed by atoms with Crippen molar-refractivity contribution in [2.75, 3.05) is 18.0 Å². The molecule has 3 aromatic carbocycles. The molecule has 1 fully saturated rings. The van der Waals surface area contributed by atoms with Crippen molar-refractivity contribution >= 4 is 28.9 Å². The highest BCUT2D eigenvalue weighted by Crippen LogP contribution is 2.40. The fourth-order valence-electron chi connectivity index (χ4n) is 4.42. The molecule has 0 bridgehead atoms. The van der Waals surface area contributed by atoms with E-state index in [1.165, 1.54) is 12.1 Å². The van der Waals surface area contributed by atoms with Crippen LogP contribution in [-0.4, -0.2) is 28.8 Å². The topological polar surface area (TPSA) is 79.8 Å².